The third-order valence-corrected chi connectivity index (χ3v) is 4.48. The predicted molar refractivity (Wildman–Crippen MR) is 63.3 cm³/mol. The molecule has 0 amide bonds. The molecule has 0 N–H and O–H groups in total. The molecule has 17 heavy (non-hydrogen) atoms. The lowest BCUT2D eigenvalue weighted by Crippen LogP contribution is -2.02. The van der Waals surface area contributed by atoms with E-state index in [-0.39, 0.29) is 14.8 Å². The molecule has 2 aromatic rings. The van der Waals surface area contributed by atoms with Gasteiger partial charge in [-0.05, 0) is 30.3 Å². The summed E-state index contributed by atoms with van der Waals surface area (Å²) in [6.07, 6.45) is 0. The maximum absolute atomic E-state index is 13.0. The van der Waals surface area contributed by atoms with Gasteiger partial charge in [0.1, 0.15) is 5.82 Å². The molecule has 0 saturated carbocycles. The van der Waals surface area contributed by atoms with E-state index in [1.54, 1.807) is 12.1 Å². The second-order valence-corrected chi connectivity index (χ2v) is 5.72. The van der Waals surface area contributed by atoms with E-state index in [4.69, 9.17) is 11.6 Å². The minimum absolute atomic E-state index is 0.0210. The van der Waals surface area contributed by atoms with Crippen molar-refractivity contribution in [2.24, 2.45) is 0 Å². The third kappa shape index (κ3) is 2.33. The van der Waals surface area contributed by atoms with Gasteiger partial charge in [0.2, 0.25) is 9.84 Å². The van der Waals surface area contributed by atoms with Crippen molar-refractivity contribution >= 4 is 21.4 Å². The molecule has 0 aromatic heterocycles. The summed E-state index contributed by atoms with van der Waals surface area (Å²) in [7, 11) is -3.76. The van der Waals surface area contributed by atoms with Gasteiger partial charge in [0, 0.05) is 0 Å². The van der Waals surface area contributed by atoms with Crippen molar-refractivity contribution in [1.29, 1.82) is 0 Å². The molecule has 0 aliphatic heterocycles. The summed E-state index contributed by atoms with van der Waals surface area (Å²) in [4.78, 5) is -0.127. The molecule has 2 rings (SSSR count). The Hall–Kier alpha value is -1.39. The van der Waals surface area contributed by atoms with Crippen LogP contribution >= 0.6 is 11.6 Å². The van der Waals surface area contributed by atoms with Crippen LogP contribution in [0.3, 0.4) is 0 Å². The van der Waals surface area contributed by atoms with E-state index in [2.05, 4.69) is 0 Å². The summed E-state index contributed by atoms with van der Waals surface area (Å²) in [6.45, 7) is 0. The van der Waals surface area contributed by atoms with E-state index >= 15 is 0 Å². The van der Waals surface area contributed by atoms with E-state index in [1.807, 2.05) is 0 Å². The Kier molecular flexibility index (Phi) is 3.17. The number of sulfone groups is 1. The van der Waals surface area contributed by atoms with Crippen LogP contribution in [0.4, 0.5) is 4.39 Å². The number of hydrogen-bond donors (Lipinski definition) is 0. The second kappa shape index (κ2) is 4.47. The molecule has 0 fully saturated rings. The van der Waals surface area contributed by atoms with E-state index in [0.29, 0.717) is 0 Å². The summed E-state index contributed by atoms with van der Waals surface area (Å²) in [5, 5.41) is 0.122. The summed E-state index contributed by atoms with van der Waals surface area (Å²) in [5.74, 6) is -0.599. The maximum Gasteiger partial charge on any atom is 0.208 e. The monoisotopic (exact) mass is 270 g/mol. The number of rotatable bonds is 2. The molecule has 0 unspecified atom stereocenters. The lowest BCUT2D eigenvalue weighted by atomic mass is 10.3. The SMILES string of the molecule is O=S(=O)(c1cccc(F)c1)c1ccccc1Cl. The average Bonchev–Trinajstić information content (AvgIpc) is 2.29. The van der Waals surface area contributed by atoms with Gasteiger partial charge in [-0.15, -0.1) is 0 Å². The fourth-order valence-electron chi connectivity index (χ4n) is 1.42. The van der Waals surface area contributed by atoms with Gasteiger partial charge in [-0.25, -0.2) is 12.8 Å². The first-order valence-electron chi connectivity index (χ1n) is 4.77. The lowest BCUT2D eigenvalue weighted by Gasteiger charge is -2.06. The second-order valence-electron chi connectivity index (χ2n) is 3.39. The van der Waals surface area contributed by atoms with Crippen LogP contribution in [-0.2, 0) is 9.84 Å². The zero-order valence-corrected chi connectivity index (χ0v) is 10.2. The Balaban J connectivity index is 2.63. The Morgan fingerprint density at radius 2 is 1.71 bits per heavy atom. The molecule has 0 atom stereocenters. The van der Waals surface area contributed by atoms with Crippen LogP contribution in [0.2, 0.25) is 5.02 Å². The normalized spacial score (nSPS) is 11.4. The highest BCUT2D eigenvalue weighted by Crippen LogP contribution is 2.27. The van der Waals surface area contributed by atoms with Crippen LogP contribution in [0.5, 0.6) is 0 Å². The van der Waals surface area contributed by atoms with Crippen molar-refractivity contribution in [2.45, 2.75) is 9.79 Å². The Labute approximate surface area is 104 Å². The van der Waals surface area contributed by atoms with Crippen molar-refractivity contribution in [1.82, 2.24) is 0 Å². The van der Waals surface area contributed by atoms with Crippen molar-refractivity contribution in [3.05, 3.63) is 59.4 Å². The molecular formula is C12H8ClFO2S. The minimum atomic E-state index is -3.76. The highest BCUT2D eigenvalue weighted by Gasteiger charge is 2.20. The molecule has 88 valence electrons. The maximum atomic E-state index is 13.0. The molecule has 2 nitrogen and oxygen atoms in total. The number of halogens is 2. The van der Waals surface area contributed by atoms with Gasteiger partial charge in [0.25, 0.3) is 0 Å². The molecule has 5 heteroatoms. The summed E-state index contributed by atoms with van der Waals surface area (Å²) in [5.41, 5.74) is 0. The topological polar surface area (TPSA) is 34.1 Å². The predicted octanol–water partition coefficient (Wildman–Crippen LogP) is 3.31. The van der Waals surface area contributed by atoms with Gasteiger partial charge in [0.05, 0.1) is 14.8 Å². The molecule has 0 aliphatic carbocycles. The van der Waals surface area contributed by atoms with Crippen LogP contribution < -0.4 is 0 Å². The summed E-state index contributed by atoms with van der Waals surface area (Å²) >= 11 is 5.83. The van der Waals surface area contributed by atoms with E-state index in [1.165, 1.54) is 30.3 Å². The molecule has 0 bridgehead atoms. The zero-order valence-electron chi connectivity index (χ0n) is 8.60. The van der Waals surface area contributed by atoms with Crippen molar-refractivity contribution in [3.63, 3.8) is 0 Å². The fraction of sp³-hybridized carbons (Fsp3) is 0. The molecule has 0 aliphatic rings. The lowest BCUT2D eigenvalue weighted by molar-refractivity contribution is 0.591. The molecule has 0 radical (unpaired) electrons. The Bertz CT molecular complexity index is 653. The molecular weight excluding hydrogens is 263 g/mol. The fourth-order valence-corrected chi connectivity index (χ4v) is 3.23. The summed E-state index contributed by atoms with van der Waals surface area (Å²) in [6, 6.07) is 10.9. The highest BCUT2D eigenvalue weighted by molar-refractivity contribution is 7.91. The van der Waals surface area contributed by atoms with Crippen molar-refractivity contribution in [3.8, 4) is 0 Å². The van der Waals surface area contributed by atoms with Gasteiger partial charge < -0.3 is 0 Å². The van der Waals surface area contributed by atoms with Gasteiger partial charge in [-0.1, -0.05) is 29.8 Å². The molecule has 2 aromatic carbocycles. The quantitative estimate of drug-likeness (QED) is 0.839. The van der Waals surface area contributed by atoms with Gasteiger partial charge in [-0.3, -0.25) is 0 Å². The van der Waals surface area contributed by atoms with E-state index < -0.39 is 15.7 Å². The van der Waals surface area contributed by atoms with Gasteiger partial charge in [-0.2, -0.15) is 0 Å². The molecule has 0 spiro atoms. The zero-order chi connectivity index (χ0) is 12.5. The average molecular weight is 271 g/mol. The number of hydrogen-bond acceptors (Lipinski definition) is 2. The van der Waals surface area contributed by atoms with Crippen LogP contribution in [0.1, 0.15) is 0 Å². The first-order chi connectivity index (χ1) is 8.01. The van der Waals surface area contributed by atoms with Crippen LogP contribution in [0, 0.1) is 5.82 Å². The highest BCUT2D eigenvalue weighted by atomic mass is 35.5. The first-order valence-corrected chi connectivity index (χ1v) is 6.63. The number of benzene rings is 2. The van der Waals surface area contributed by atoms with E-state index in [9.17, 15) is 12.8 Å². The smallest absolute Gasteiger partial charge is 0.208 e. The Morgan fingerprint density at radius 1 is 1.00 bits per heavy atom. The molecule has 0 saturated heterocycles. The van der Waals surface area contributed by atoms with Crippen LogP contribution in [-0.4, -0.2) is 8.42 Å². The first kappa shape index (κ1) is 12.1. The molecule has 0 heterocycles. The van der Waals surface area contributed by atoms with Crippen molar-refractivity contribution in [2.75, 3.05) is 0 Å². The Morgan fingerprint density at radius 3 is 2.35 bits per heavy atom. The van der Waals surface area contributed by atoms with Crippen LogP contribution in [0.15, 0.2) is 58.3 Å². The minimum Gasteiger partial charge on any atom is -0.218 e. The standard InChI is InChI=1S/C12H8ClFO2S/c13-11-6-1-2-7-12(11)17(15,16)10-5-3-4-9(14)8-10/h1-8H. The largest absolute Gasteiger partial charge is 0.218 e. The van der Waals surface area contributed by atoms with Gasteiger partial charge in [0.15, 0.2) is 0 Å². The summed E-state index contributed by atoms with van der Waals surface area (Å²) < 4.78 is 37.3. The van der Waals surface area contributed by atoms with Crippen LogP contribution in [0.25, 0.3) is 0 Å². The van der Waals surface area contributed by atoms with Gasteiger partial charge >= 0.3 is 0 Å². The third-order valence-electron chi connectivity index (χ3n) is 2.23. The van der Waals surface area contributed by atoms with Crippen molar-refractivity contribution < 1.29 is 12.8 Å². The van der Waals surface area contributed by atoms with E-state index in [0.717, 1.165) is 6.07 Å².